The van der Waals surface area contributed by atoms with Crippen molar-refractivity contribution in [2.75, 3.05) is 13.1 Å². The van der Waals surface area contributed by atoms with Gasteiger partial charge in [-0.2, -0.15) is 0 Å². The summed E-state index contributed by atoms with van der Waals surface area (Å²) >= 11 is 0. The lowest BCUT2D eigenvalue weighted by Crippen LogP contribution is -2.39. The summed E-state index contributed by atoms with van der Waals surface area (Å²) in [5, 5.41) is 9.57. The zero-order chi connectivity index (χ0) is 9.97. The zero-order valence-electron chi connectivity index (χ0n) is 8.61. The van der Waals surface area contributed by atoms with Crippen LogP contribution in [-0.2, 0) is 0 Å². The largest absolute Gasteiger partial charge is 0.392 e. The van der Waals surface area contributed by atoms with E-state index in [1.54, 1.807) is 0 Å². The van der Waals surface area contributed by atoms with Gasteiger partial charge in [0.15, 0.2) is 0 Å². The van der Waals surface area contributed by atoms with Crippen molar-refractivity contribution in [2.24, 2.45) is 0 Å². The van der Waals surface area contributed by atoms with Gasteiger partial charge in [-0.3, -0.25) is 4.90 Å². The van der Waals surface area contributed by atoms with Crippen molar-refractivity contribution in [3.05, 3.63) is 24.0 Å². The SMILES string of the molecule is CC(c1ccc[nH]1)N1CCCC(O)C1. The van der Waals surface area contributed by atoms with E-state index in [1.807, 2.05) is 12.3 Å². The van der Waals surface area contributed by atoms with E-state index in [4.69, 9.17) is 0 Å². The molecule has 1 aromatic heterocycles. The van der Waals surface area contributed by atoms with Crippen LogP contribution in [0.2, 0.25) is 0 Å². The Bertz CT molecular complexity index is 271. The number of hydrogen-bond acceptors (Lipinski definition) is 2. The van der Waals surface area contributed by atoms with Gasteiger partial charge in [0, 0.05) is 24.5 Å². The van der Waals surface area contributed by atoms with Crippen molar-refractivity contribution in [1.29, 1.82) is 0 Å². The van der Waals surface area contributed by atoms with Gasteiger partial charge in [-0.15, -0.1) is 0 Å². The predicted octanol–water partition coefficient (Wildman–Crippen LogP) is 1.53. The van der Waals surface area contributed by atoms with Crippen LogP contribution < -0.4 is 0 Å². The van der Waals surface area contributed by atoms with Crippen molar-refractivity contribution >= 4 is 0 Å². The van der Waals surface area contributed by atoms with Crippen LogP contribution in [0.4, 0.5) is 0 Å². The fourth-order valence-electron chi connectivity index (χ4n) is 2.14. The van der Waals surface area contributed by atoms with Crippen molar-refractivity contribution < 1.29 is 5.11 Å². The molecule has 14 heavy (non-hydrogen) atoms. The second-order valence-electron chi connectivity index (χ2n) is 4.09. The number of piperidine rings is 1. The molecule has 0 saturated carbocycles. The quantitative estimate of drug-likeness (QED) is 0.749. The number of rotatable bonds is 2. The summed E-state index contributed by atoms with van der Waals surface area (Å²) in [6.07, 6.45) is 3.87. The number of H-pyrrole nitrogens is 1. The maximum atomic E-state index is 9.57. The highest BCUT2D eigenvalue weighted by Crippen LogP contribution is 2.22. The van der Waals surface area contributed by atoms with Gasteiger partial charge in [0.25, 0.3) is 0 Å². The van der Waals surface area contributed by atoms with Crippen molar-refractivity contribution in [3.8, 4) is 0 Å². The Hall–Kier alpha value is -0.800. The molecule has 1 saturated heterocycles. The molecule has 2 rings (SSSR count). The molecule has 1 aliphatic heterocycles. The smallest absolute Gasteiger partial charge is 0.0667 e. The zero-order valence-corrected chi connectivity index (χ0v) is 8.61. The highest BCUT2D eigenvalue weighted by atomic mass is 16.3. The number of β-amino-alcohol motifs (C(OH)–C–C–N with tert-alkyl or cyclic N) is 1. The summed E-state index contributed by atoms with van der Waals surface area (Å²) < 4.78 is 0. The van der Waals surface area contributed by atoms with Gasteiger partial charge in [-0.1, -0.05) is 0 Å². The standard InChI is InChI=1S/C11H18N2O/c1-9(11-5-2-6-12-11)13-7-3-4-10(14)8-13/h2,5-6,9-10,12,14H,3-4,7-8H2,1H3. The lowest BCUT2D eigenvalue weighted by molar-refractivity contribution is 0.0495. The first-order chi connectivity index (χ1) is 6.77. The van der Waals surface area contributed by atoms with Crippen molar-refractivity contribution in [3.63, 3.8) is 0 Å². The van der Waals surface area contributed by atoms with Gasteiger partial charge in [-0.25, -0.2) is 0 Å². The number of nitrogens with zero attached hydrogens (tertiary/aromatic N) is 1. The number of aromatic nitrogens is 1. The van der Waals surface area contributed by atoms with Crippen LogP contribution in [0.15, 0.2) is 18.3 Å². The number of aliphatic hydroxyl groups is 1. The van der Waals surface area contributed by atoms with E-state index in [2.05, 4.69) is 22.9 Å². The molecule has 0 bridgehead atoms. The highest BCUT2D eigenvalue weighted by molar-refractivity contribution is 5.08. The monoisotopic (exact) mass is 194 g/mol. The summed E-state index contributed by atoms with van der Waals surface area (Å²) in [5.74, 6) is 0. The van der Waals surface area contributed by atoms with E-state index < -0.39 is 0 Å². The van der Waals surface area contributed by atoms with E-state index in [1.165, 1.54) is 5.69 Å². The van der Waals surface area contributed by atoms with Crippen LogP contribution in [-0.4, -0.2) is 34.2 Å². The third kappa shape index (κ3) is 1.99. The lowest BCUT2D eigenvalue weighted by atomic mass is 10.1. The summed E-state index contributed by atoms with van der Waals surface area (Å²) in [6, 6.07) is 4.51. The Morgan fingerprint density at radius 2 is 2.50 bits per heavy atom. The normalized spacial score (nSPS) is 26.3. The molecule has 2 heterocycles. The van der Waals surface area contributed by atoms with Crippen LogP contribution in [0.3, 0.4) is 0 Å². The predicted molar refractivity (Wildman–Crippen MR) is 56.0 cm³/mol. The van der Waals surface area contributed by atoms with Crippen LogP contribution >= 0.6 is 0 Å². The van der Waals surface area contributed by atoms with E-state index in [0.29, 0.717) is 6.04 Å². The average Bonchev–Trinajstić information content (AvgIpc) is 2.69. The van der Waals surface area contributed by atoms with Gasteiger partial charge in [0.2, 0.25) is 0 Å². The van der Waals surface area contributed by atoms with Crippen LogP contribution in [0.25, 0.3) is 0 Å². The second kappa shape index (κ2) is 4.15. The Morgan fingerprint density at radius 3 is 3.14 bits per heavy atom. The van der Waals surface area contributed by atoms with Gasteiger partial charge in [-0.05, 0) is 38.4 Å². The Kier molecular flexibility index (Phi) is 2.89. The fourth-order valence-corrected chi connectivity index (χ4v) is 2.14. The lowest BCUT2D eigenvalue weighted by Gasteiger charge is -2.34. The van der Waals surface area contributed by atoms with E-state index in [-0.39, 0.29) is 6.10 Å². The van der Waals surface area contributed by atoms with Gasteiger partial charge < -0.3 is 10.1 Å². The molecule has 2 atom stereocenters. The Morgan fingerprint density at radius 1 is 1.64 bits per heavy atom. The minimum absolute atomic E-state index is 0.138. The Balaban J connectivity index is 2.00. The molecule has 3 heteroatoms. The maximum Gasteiger partial charge on any atom is 0.0667 e. The molecule has 2 N–H and O–H groups in total. The Labute approximate surface area is 84.7 Å². The molecular weight excluding hydrogens is 176 g/mol. The molecule has 0 amide bonds. The molecule has 0 radical (unpaired) electrons. The summed E-state index contributed by atoms with van der Waals surface area (Å²) in [4.78, 5) is 5.56. The van der Waals surface area contributed by atoms with Gasteiger partial charge >= 0.3 is 0 Å². The van der Waals surface area contributed by atoms with Crippen LogP contribution in [0.1, 0.15) is 31.5 Å². The van der Waals surface area contributed by atoms with Crippen LogP contribution in [0, 0.1) is 0 Å². The maximum absolute atomic E-state index is 9.57. The molecule has 1 aromatic rings. The van der Waals surface area contributed by atoms with E-state index in [0.717, 1.165) is 25.9 Å². The average molecular weight is 194 g/mol. The molecule has 0 aromatic carbocycles. The first-order valence-electron chi connectivity index (χ1n) is 5.33. The summed E-state index contributed by atoms with van der Waals surface area (Å²) in [7, 11) is 0. The highest BCUT2D eigenvalue weighted by Gasteiger charge is 2.22. The molecule has 0 aliphatic carbocycles. The molecular formula is C11H18N2O. The molecule has 0 spiro atoms. The molecule has 1 fully saturated rings. The second-order valence-corrected chi connectivity index (χ2v) is 4.09. The number of likely N-dealkylation sites (tertiary alicyclic amines) is 1. The van der Waals surface area contributed by atoms with Crippen LogP contribution in [0.5, 0.6) is 0 Å². The molecule has 3 nitrogen and oxygen atoms in total. The first kappa shape index (κ1) is 9.74. The topological polar surface area (TPSA) is 39.3 Å². The minimum Gasteiger partial charge on any atom is -0.392 e. The summed E-state index contributed by atoms with van der Waals surface area (Å²) in [6.45, 7) is 4.08. The molecule has 78 valence electrons. The first-order valence-corrected chi connectivity index (χ1v) is 5.33. The van der Waals surface area contributed by atoms with Crippen molar-refractivity contribution in [1.82, 2.24) is 9.88 Å². The summed E-state index contributed by atoms with van der Waals surface area (Å²) in [5.41, 5.74) is 1.24. The van der Waals surface area contributed by atoms with E-state index in [9.17, 15) is 5.11 Å². The number of hydrogen-bond donors (Lipinski definition) is 2. The third-order valence-corrected chi connectivity index (χ3v) is 3.05. The minimum atomic E-state index is -0.138. The van der Waals surface area contributed by atoms with Gasteiger partial charge in [0.05, 0.1) is 6.10 Å². The molecule has 2 unspecified atom stereocenters. The number of aliphatic hydroxyl groups excluding tert-OH is 1. The number of aromatic amines is 1. The fraction of sp³-hybridized carbons (Fsp3) is 0.636. The van der Waals surface area contributed by atoms with E-state index >= 15 is 0 Å². The van der Waals surface area contributed by atoms with Gasteiger partial charge in [0.1, 0.15) is 0 Å². The third-order valence-electron chi connectivity index (χ3n) is 3.05. The van der Waals surface area contributed by atoms with Crippen molar-refractivity contribution in [2.45, 2.75) is 31.9 Å². The number of nitrogens with one attached hydrogen (secondary N) is 1. The molecule has 1 aliphatic rings.